The van der Waals surface area contributed by atoms with E-state index in [-0.39, 0.29) is 30.8 Å². The Bertz CT molecular complexity index is 1150. The van der Waals surface area contributed by atoms with E-state index >= 15 is 0 Å². The van der Waals surface area contributed by atoms with Crippen LogP contribution in [0.25, 0.3) is 0 Å². The van der Waals surface area contributed by atoms with Gasteiger partial charge in [-0.3, -0.25) is 9.59 Å². The quantitative estimate of drug-likeness (QED) is 0.376. The van der Waals surface area contributed by atoms with Crippen molar-refractivity contribution in [2.75, 3.05) is 0 Å². The Balaban J connectivity index is 1.99. The van der Waals surface area contributed by atoms with Crippen molar-refractivity contribution in [3.63, 3.8) is 0 Å². The van der Waals surface area contributed by atoms with Crippen molar-refractivity contribution in [3.8, 4) is 0 Å². The van der Waals surface area contributed by atoms with Gasteiger partial charge in [0, 0.05) is 24.0 Å². The van der Waals surface area contributed by atoms with Crippen LogP contribution in [0, 0.1) is 13.8 Å². The molecule has 35 heavy (non-hydrogen) atoms. The second kappa shape index (κ2) is 12.6. The predicted octanol–water partition coefficient (Wildman–Crippen LogP) is 6.05. The fourth-order valence-electron chi connectivity index (χ4n) is 3.99. The first-order chi connectivity index (χ1) is 16.8. The molecule has 184 valence electrons. The van der Waals surface area contributed by atoms with E-state index in [1.54, 1.807) is 4.90 Å². The van der Waals surface area contributed by atoms with Gasteiger partial charge in [0.15, 0.2) is 0 Å². The Kier molecular flexibility index (Phi) is 9.50. The highest BCUT2D eigenvalue weighted by Gasteiger charge is 2.31. The molecular formula is C30H35ClN2O2. The third kappa shape index (κ3) is 7.43. The topological polar surface area (TPSA) is 49.4 Å². The first-order valence-electron chi connectivity index (χ1n) is 12.2. The molecule has 3 aromatic rings. The van der Waals surface area contributed by atoms with Crippen LogP contribution in [-0.4, -0.2) is 28.8 Å². The highest BCUT2D eigenvalue weighted by molar-refractivity contribution is 6.31. The maximum absolute atomic E-state index is 13.8. The van der Waals surface area contributed by atoms with Crippen LogP contribution < -0.4 is 5.32 Å². The second-order valence-corrected chi connectivity index (χ2v) is 9.64. The van der Waals surface area contributed by atoms with Gasteiger partial charge in [0.1, 0.15) is 6.04 Å². The fourth-order valence-corrected chi connectivity index (χ4v) is 4.19. The number of nitrogens with zero attached hydrogens (tertiary/aromatic N) is 1. The fraction of sp³-hybridized carbons (Fsp3) is 0.333. The van der Waals surface area contributed by atoms with E-state index in [1.807, 2.05) is 93.6 Å². The van der Waals surface area contributed by atoms with Gasteiger partial charge in [0.2, 0.25) is 11.8 Å². The van der Waals surface area contributed by atoms with Crippen molar-refractivity contribution in [1.82, 2.24) is 10.2 Å². The number of halogens is 1. The number of amides is 2. The molecule has 0 aliphatic heterocycles. The largest absolute Gasteiger partial charge is 0.352 e. The zero-order valence-electron chi connectivity index (χ0n) is 21.1. The Labute approximate surface area is 214 Å². The SMILES string of the molecule is CC[C@@H](C)NC(=O)[C@H](Cc1ccccc1)N(Cc1ccccc1Cl)C(=O)Cc1ccc(C)c(C)c1. The number of benzene rings is 3. The summed E-state index contributed by atoms with van der Waals surface area (Å²) in [6.45, 7) is 8.37. The summed E-state index contributed by atoms with van der Waals surface area (Å²) in [5, 5.41) is 3.68. The van der Waals surface area contributed by atoms with Crippen LogP contribution in [0.1, 0.15) is 48.1 Å². The van der Waals surface area contributed by atoms with Gasteiger partial charge >= 0.3 is 0 Å². The van der Waals surface area contributed by atoms with Crippen molar-refractivity contribution < 1.29 is 9.59 Å². The minimum Gasteiger partial charge on any atom is -0.352 e. The lowest BCUT2D eigenvalue weighted by Crippen LogP contribution is -2.52. The van der Waals surface area contributed by atoms with Gasteiger partial charge in [-0.15, -0.1) is 0 Å². The van der Waals surface area contributed by atoms with Gasteiger partial charge in [-0.25, -0.2) is 0 Å². The van der Waals surface area contributed by atoms with Gasteiger partial charge in [-0.1, -0.05) is 85.3 Å². The van der Waals surface area contributed by atoms with Gasteiger partial charge < -0.3 is 10.2 Å². The van der Waals surface area contributed by atoms with Crippen LogP contribution in [0.15, 0.2) is 72.8 Å². The Morgan fingerprint density at radius 2 is 1.60 bits per heavy atom. The molecule has 1 N–H and O–H groups in total. The van der Waals surface area contributed by atoms with Crippen LogP contribution in [0.5, 0.6) is 0 Å². The number of rotatable bonds is 10. The molecule has 0 saturated carbocycles. The molecule has 0 radical (unpaired) electrons. The van der Waals surface area contributed by atoms with Gasteiger partial charge in [0.25, 0.3) is 0 Å². The lowest BCUT2D eigenvalue weighted by atomic mass is 10.00. The highest BCUT2D eigenvalue weighted by atomic mass is 35.5. The van der Waals surface area contributed by atoms with Crippen LogP contribution >= 0.6 is 11.6 Å². The number of hydrogen-bond donors (Lipinski definition) is 1. The second-order valence-electron chi connectivity index (χ2n) is 9.23. The molecular weight excluding hydrogens is 456 g/mol. The average molecular weight is 491 g/mol. The number of hydrogen-bond acceptors (Lipinski definition) is 2. The first-order valence-corrected chi connectivity index (χ1v) is 12.6. The van der Waals surface area contributed by atoms with Crippen LogP contribution in [0.4, 0.5) is 0 Å². The van der Waals surface area contributed by atoms with Gasteiger partial charge in [-0.2, -0.15) is 0 Å². The third-order valence-corrected chi connectivity index (χ3v) is 6.87. The van der Waals surface area contributed by atoms with Crippen LogP contribution in [0.2, 0.25) is 5.02 Å². The van der Waals surface area contributed by atoms with Crippen molar-refractivity contribution in [2.45, 2.75) is 65.6 Å². The molecule has 0 aliphatic carbocycles. The standard InChI is InChI=1S/C30H35ClN2O2/c1-5-23(4)32-30(35)28(18-24-11-7-6-8-12-24)33(20-26-13-9-10-14-27(26)31)29(34)19-25-16-15-21(2)22(3)17-25/h6-17,23,28H,5,18-20H2,1-4H3,(H,32,35)/t23-,28+/m1/s1. The number of aryl methyl sites for hydroxylation is 2. The predicted molar refractivity (Wildman–Crippen MR) is 143 cm³/mol. The molecule has 0 bridgehead atoms. The zero-order chi connectivity index (χ0) is 25.4. The Hall–Kier alpha value is -3.11. The van der Waals surface area contributed by atoms with Crippen LogP contribution in [0.3, 0.4) is 0 Å². The Morgan fingerprint density at radius 1 is 0.914 bits per heavy atom. The summed E-state index contributed by atoms with van der Waals surface area (Å²) < 4.78 is 0. The maximum atomic E-state index is 13.8. The molecule has 3 aromatic carbocycles. The van der Waals surface area contributed by atoms with Crippen molar-refractivity contribution in [3.05, 3.63) is 106 Å². The summed E-state index contributed by atoms with van der Waals surface area (Å²) in [4.78, 5) is 29.1. The van der Waals surface area contributed by atoms with E-state index in [4.69, 9.17) is 11.6 Å². The minimum absolute atomic E-state index is 0.0118. The lowest BCUT2D eigenvalue weighted by Gasteiger charge is -2.32. The number of carbonyl (C=O) groups is 2. The lowest BCUT2D eigenvalue weighted by molar-refractivity contribution is -0.141. The first kappa shape index (κ1) is 26.5. The van der Waals surface area contributed by atoms with Crippen molar-refractivity contribution in [2.24, 2.45) is 0 Å². The van der Waals surface area contributed by atoms with E-state index in [9.17, 15) is 9.59 Å². The molecule has 0 saturated heterocycles. The molecule has 0 heterocycles. The monoisotopic (exact) mass is 490 g/mol. The molecule has 0 unspecified atom stereocenters. The maximum Gasteiger partial charge on any atom is 0.243 e. The molecule has 2 amide bonds. The van der Waals surface area contributed by atoms with E-state index < -0.39 is 6.04 Å². The smallest absolute Gasteiger partial charge is 0.243 e. The molecule has 0 fully saturated rings. The highest BCUT2D eigenvalue weighted by Crippen LogP contribution is 2.22. The molecule has 0 spiro atoms. The minimum atomic E-state index is -0.665. The summed E-state index contributed by atoms with van der Waals surface area (Å²) in [5.41, 5.74) is 5.08. The summed E-state index contributed by atoms with van der Waals surface area (Å²) in [6.07, 6.45) is 1.45. The van der Waals surface area contributed by atoms with E-state index in [2.05, 4.69) is 12.2 Å². The summed E-state index contributed by atoms with van der Waals surface area (Å²) in [5.74, 6) is -0.253. The molecule has 3 rings (SSSR count). The molecule has 5 heteroatoms. The van der Waals surface area contributed by atoms with E-state index in [1.165, 1.54) is 5.56 Å². The number of nitrogens with one attached hydrogen (secondary N) is 1. The molecule has 0 aromatic heterocycles. The summed E-state index contributed by atoms with van der Waals surface area (Å²) in [6, 6.07) is 22.7. The van der Waals surface area contributed by atoms with Crippen molar-refractivity contribution in [1.29, 1.82) is 0 Å². The number of carbonyl (C=O) groups excluding carboxylic acids is 2. The summed E-state index contributed by atoms with van der Waals surface area (Å²) in [7, 11) is 0. The third-order valence-electron chi connectivity index (χ3n) is 6.50. The molecule has 0 aliphatic rings. The summed E-state index contributed by atoms with van der Waals surface area (Å²) >= 11 is 6.48. The molecule has 4 nitrogen and oxygen atoms in total. The van der Waals surface area contributed by atoms with Crippen LogP contribution in [-0.2, 0) is 29.0 Å². The Morgan fingerprint density at radius 3 is 2.26 bits per heavy atom. The van der Waals surface area contributed by atoms with E-state index in [0.717, 1.165) is 28.7 Å². The zero-order valence-corrected chi connectivity index (χ0v) is 21.8. The molecule has 2 atom stereocenters. The van der Waals surface area contributed by atoms with Gasteiger partial charge in [-0.05, 0) is 61.1 Å². The average Bonchev–Trinajstić information content (AvgIpc) is 2.85. The normalized spacial score (nSPS) is 12.6. The van der Waals surface area contributed by atoms with Crippen molar-refractivity contribution >= 4 is 23.4 Å². The van der Waals surface area contributed by atoms with E-state index in [0.29, 0.717) is 11.4 Å². The van der Waals surface area contributed by atoms with Gasteiger partial charge in [0.05, 0.1) is 6.42 Å².